The van der Waals surface area contributed by atoms with E-state index in [9.17, 15) is 0 Å². The molecule has 0 spiro atoms. The standard InChI is InChI=1S/C16H29N3S/c1-4-10-17-11-7-14-18-19-15(20-14)16(12-13(2)3)8-5-6-9-16/h13,17H,4-12H2,1-3H3. The quantitative estimate of drug-likeness (QED) is 0.738. The Morgan fingerprint density at radius 2 is 1.95 bits per heavy atom. The number of nitrogens with zero attached hydrogens (tertiary/aromatic N) is 2. The molecule has 1 aromatic rings. The molecular weight excluding hydrogens is 266 g/mol. The number of rotatable bonds is 8. The van der Waals surface area contributed by atoms with Gasteiger partial charge in [-0.2, -0.15) is 0 Å². The third-order valence-electron chi connectivity index (χ3n) is 4.22. The first kappa shape index (κ1) is 15.9. The molecule has 0 amide bonds. The van der Waals surface area contributed by atoms with E-state index in [0.717, 1.165) is 25.4 Å². The molecule has 4 heteroatoms. The summed E-state index contributed by atoms with van der Waals surface area (Å²) in [5.41, 5.74) is 0.348. The Kier molecular flexibility index (Phi) is 5.97. The maximum atomic E-state index is 4.56. The molecule has 20 heavy (non-hydrogen) atoms. The van der Waals surface area contributed by atoms with Gasteiger partial charge in [-0.05, 0) is 38.1 Å². The van der Waals surface area contributed by atoms with Gasteiger partial charge in [0.1, 0.15) is 10.0 Å². The van der Waals surface area contributed by atoms with Gasteiger partial charge in [0.2, 0.25) is 0 Å². The lowest BCUT2D eigenvalue weighted by atomic mass is 9.79. The highest BCUT2D eigenvalue weighted by atomic mass is 32.1. The first-order chi connectivity index (χ1) is 9.66. The van der Waals surface area contributed by atoms with E-state index in [-0.39, 0.29) is 0 Å². The Morgan fingerprint density at radius 3 is 2.60 bits per heavy atom. The molecule has 1 fully saturated rings. The molecule has 2 rings (SSSR count). The van der Waals surface area contributed by atoms with E-state index in [4.69, 9.17) is 0 Å². The van der Waals surface area contributed by atoms with Gasteiger partial charge in [-0.3, -0.25) is 0 Å². The summed E-state index contributed by atoms with van der Waals surface area (Å²) in [5.74, 6) is 0.742. The van der Waals surface area contributed by atoms with Gasteiger partial charge >= 0.3 is 0 Å². The maximum absolute atomic E-state index is 4.56. The van der Waals surface area contributed by atoms with Crippen molar-refractivity contribution in [1.82, 2.24) is 15.5 Å². The fraction of sp³-hybridized carbons (Fsp3) is 0.875. The number of nitrogens with one attached hydrogen (secondary N) is 1. The molecule has 0 saturated heterocycles. The summed E-state index contributed by atoms with van der Waals surface area (Å²) in [6, 6.07) is 0. The van der Waals surface area contributed by atoms with E-state index in [1.165, 1.54) is 48.5 Å². The molecule has 1 aliphatic rings. The third kappa shape index (κ3) is 4.01. The minimum absolute atomic E-state index is 0.348. The van der Waals surface area contributed by atoms with Crippen LogP contribution < -0.4 is 5.32 Å². The van der Waals surface area contributed by atoms with Crippen LogP contribution in [0.5, 0.6) is 0 Å². The molecule has 1 aliphatic carbocycles. The molecule has 0 bridgehead atoms. The monoisotopic (exact) mass is 295 g/mol. The van der Waals surface area contributed by atoms with Crippen LogP contribution in [0.2, 0.25) is 0 Å². The van der Waals surface area contributed by atoms with Crippen LogP contribution >= 0.6 is 11.3 Å². The van der Waals surface area contributed by atoms with Crippen LogP contribution in [0, 0.1) is 5.92 Å². The summed E-state index contributed by atoms with van der Waals surface area (Å²) >= 11 is 1.87. The van der Waals surface area contributed by atoms with Crippen LogP contribution in [-0.4, -0.2) is 23.3 Å². The molecule has 0 radical (unpaired) electrons. The van der Waals surface area contributed by atoms with E-state index in [2.05, 4.69) is 36.3 Å². The summed E-state index contributed by atoms with van der Waals surface area (Å²) in [7, 11) is 0. The van der Waals surface area contributed by atoms with Gasteiger partial charge in [0.05, 0.1) is 0 Å². The molecule has 0 aromatic carbocycles. The van der Waals surface area contributed by atoms with Crippen molar-refractivity contribution in [2.24, 2.45) is 5.92 Å². The topological polar surface area (TPSA) is 37.8 Å². The van der Waals surface area contributed by atoms with Gasteiger partial charge in [-0.1, -0.05) is 33.6 Å². The van der Waals surface area contributed by atoms with Crippen LogP contribution in [0.15, 0.2) is 0 Å². The van der Waals surface area contributed by atoms with Gasteiger partial charge in [-0.25, -0.2) is 0 Å². The summed E-state index contributed by atoms with van der Waals surface area (Å²) in [4.78, 5) is 0. The predicted octanol–water partition coefficient (Wildman–Crippen LogP) is 3.94. The number of aromatic nitrogens is 2. The van der Waals surface area contributed by atoms with Gasteiger partial charge in [0, 0.05) is 18.4 Å². The summed E-state index contributed by atoms with van der Waals surface area (Å²) in [5, 5.41) is 15.0. The smallest absolute Gasteiger partial charge is 0.123 e. The predicted molar refractivity (Wildman–Crippen MR) is 86.4 cm³/mol. The maximum Gasteiger partial charge on any atom is 0.123 e. The van der Waals surface area contributed by atoms with E-state index in [1.807, 2.05) is 11.3 Å². The average molecular weight is 295 g/mol. The lowest BCUT2D eigenvalue weighted by molar-refractivity contribution is 0.343. The molecule has 1 saturated carbocycles. The van der Waals surface area contributed by atoms with E-state index < -0.39 is 0 Å². The van der Waals surface area contributed by atoms with Gasteiger partial charge in [-0.15, -0.1) is 21.5 Å². The minimum atomic E-state index is 0.348. The summed E-state index contributed by atoms with van der Waals surface area (Å²) < 4.78 is 0. The van der Waals surface area contributed by atoms with E-state index in [0.29, 0.717) is 5.41 Å². The van der Waals surface area contributed by atoms with Crippen LogP contribution in [0.1, 0.15) is 69.3 Å². The second kappa shape index (κ2) is 7.51. The lowest BCUT2D eigenvalue weighted by Gasteiger charge is -2.27. The number of hydrogen-bond acceptors (Lipinski definition) is 4. The summed E-state index contributed by atoms with van der Waals surface area (Å²) in [6.07, 6.45) is 8.84. The van der Waals surface area contributed by atoms with Crippen molar-refractivity contribution in [3.05, 3.63) is 10.0 Å². The second-order valence-corrected chi connectivity index (χ2v) is 7.65. The van der Waals surface area contributed by atoms with Crippen LogP contribution in [0.4, 0.5) is 0 Å². The zero-order valence-electron chi connectivity index (χ0n) is 13.2. The normalized spacial score (nSPS) is 18.0. The third-order valence-corrected chi connectivity index (χ3v) is 5.45. The zero-order chi connectivity index (χ0) is 14.4. The first-order valence-electron chi connectivity index (χ1n) is 8.20. The molecular formula is C16H29N3S. The molecule has 1 N–H and O–H groups in total. The van der Waals surface area contributed by atoms with Crippen LogP contribution in [0.3, 0.4) is 0 Å². The molecule has 0 aliphatic heterocycles. The van der Waals surface area contributed by atoms with Gasteiger partial charge in [0.15, 0.2) is 0 Å². The molecule has 114 valence electrons. The van der Waals surface area contributed by atoms with Crippen molar-refractivity contribution in [2.75, 3.05) is 13.1 Å². The van der Waals surface area contributed by atoms with E-state index in [1.54, 1.807) is 0 Å². The number of hydrogen-bond donors (Lipinski definition) is 1. The second-order valence-electron chi connectivity index (χ2n) is 6.59. The fourth-order valence-electron chi connectivity index (χ4n) is 3.40. The Hall–Kier alpha value is -0.480. The summed E-state index contributed by atoms with van der Waals surface area (Å²) in [6.45, 7) is 8.99. The molecule has 3 nitrogen and oxygen atoms in total. The molecule has 1 heterocycles. The molecule has 0 unspecified atom stereocenters. The van der Waals surface area contributed by atoms with Crippen molar-refractivity contribution in [3.8, 4) is 0 Å². The van der Waals surface area contributed by atoms with Crippen molar-refractivity contribution in [2.45, 2.75) is 71.1 Å². The Labute approximate surface area is 127 Å². The van der Waals surface area contributed by atoms with Crippen molar-refractivity contribution in [1.29, 1.82) is 0 Å². The lowest BCUT2D eigenvalue weighted by Crippen LogP contribution is -2.24. The molecule has 0 atom stereocenters. The first-order valence-corrected chi connectivity index (χ1v) is 9.01. The average Bonchev–Trinajstić information content (AvgIpc) is 3.04. The Bertz CT molecular complexity index is 394. The highest BCUT2D eigenvalue weighted by molar-refractivity contribution is 7.11. The SMILES string of the molecule is CCCNCCc1nnc(C2(CC(C)C)CCCC2)s1. The van der Waals surface area contributed by atoms with Crippen LogP contribution in [0.25, 0.3) is 0 Å². The van der Waals surface area contributed by atoms with Gasteiger partial charge < -0.3 is 5.32 Å². The Morgan fingerprint density at radius 1 is 1.20 bits per heavy atom. The highest BCUT2D eigenvalue weighted by Gasteiger charge is 2.39. The van der Waals surface area contributed by atoms with E-state index >= 15 is 0 Å². The fourth-order valence-corrected chi connectivity index (χ4v) is 4.50. The zero-order valence-corrected chi connectivity index (χ0v) is 14.1. The van der Waals surface area contributed by atoms with Crippen LogP contribution in [-0.2, 0) is 11.8 Å². The molecule has 1 aromatic heterocycles. The largest absolute Gasteiger partial charge is 0.316 e. The van der Waals surface area contributed by atoms with Crippen molar-refractivity contribution >= 4 is 11.3 Å². The highest BCUT2D eigenvalue weighted by Crippen LogP contribution is 2.46. The van der Waals surface area contributed by atoms with Crippen molar-refractivity contribution in [3.63, 3.8) is 0 Å². The minimum Gasteiger partial charge on any atom is -0.316 e. The van der Waals surface area contributed by atoms with Gasteiger partial charge in [0.25, 0.3) is 0 Å². The Balaban J connectivity index is 1.98. The van der Waals surface area contributed by atoms with Crippen molar-refractivity contribution < 1.29 is 0 Å².